The first kappa shape index (κ1) is 10.3. The van der Waals surface area contributed by atoms with Gasteiger partial charge in [0.15, 0.2) is 0 Å². The number of nitrogens with zero attached hydrogens (tertiary/aromatic N) is 3. The molecule has 1 fully saturated rings. The van der Waals surface area contributed by atoms with Gasteiger partial charge in [-0.2, -0.15) is 0 Å². The number of morpholine rings is 1. The smallest absolute Gasteiger partial charge is 0.147 e. The Morgan fingerprint density at radius 3 is 3.07 bits per heavy atom. The van der Waals surface area contributed by atoms with Crippen molar-refractivity contribution in [1.29, 1.82) is 0 Å². The van der Waals surface area contributed by atoms with E-state index in [1.807, 2.05) is 6.92 Å². The summed E-state index contributed by atoms with van der Waals surface area (Å²) in [6.07, 6.45) is 5.43. The van der Waals surface area contributed by atoms with Gasteiger partial charge in [-0.1, -0.05) is 0 Å². The van der Waals surface area contributed by atoms with Gasteiger partial charge in [-0.05, 0) is 6.92 Å². The highest BCUT2D eigenvalue weighted by Gasteiger charge is 2.24. The van der Waals surface area contributed by atoms with Crippen LogP contribution in [0.3, 0.4) is 0 Å². The van der Waals surface area contributed by atoms with Crippen molar-refractivity contribution in [2.24, 2.45) is 5.73 Å². The molecule has 5 heteroatoms. The maximum absolute atomic E-state index is 5.67. The fourth-order valence-corrected chi connectivity index (χ4v) is 1.82. The molecule has 0 radical (unpaired) electrons. The first-order valence-corrected chi connectivity index (χ1v) is 5.16. The topological polar surface area (TPSA) is 64.3 Å². The van der Waals surface area contributed by atoms with E-state index in [2.05, 4.69) is 14.9 Å². The minimum absolute atomic E-state index is 0.0933. The molecular formula is C10H16N4O. The van der Waals surface area contributed by atoms with Crippen molar-refractivity contribution in [2.75, 3.05) is 24.5 Å². The van der Waals surface area contributed by atoms with Crippen LogP contribution in [-0.4, -0.2) is 41.8 Å². The highest BCUT2D eigenvalue weighted by molar-refractivity contribution is 5.36. The molecule has 15 heavy (non-hydrogen) atoms. The van der Waals surface area contributed by atoms with E-state index in [-0.39, 0.29) is 12.2 Å². The number of aromatic nitrogens is 2. The normalized spacial score (nSPS) is 26.7. The zero-order valence-corrected chi connectivity index (χ0v) is 8.84. The Labute approximate surface area is 89.3 Å². The summed E-state index contributed by atoms with van der Waals surface area (Å²) in [5.74, 6) is 0.895. The van der Waals surface area contributed by atoms with Crippen LogP contribution in [0.2, 0.25) is 0 Å². The lowest BCUT2D eigenvalue weighted by Crippen LogP contribution is -2.49. The van der Waals surface area contributed by atoms with Crippen molar-refractivity contribution in [2.45, 2.75) is 19.1 Å². The molecule has 1 saturated heterocycles. The van der Waals surface area contributed by atoms with Gasteiger partial charge in [0.2, 0.25) is 0 Å². The van der Waals surface area contributed by atoms with Gasteiger partial charge in [-0.15, -0.1) is 0 Å². The van der Waals surface area contributed by atoms with E-state index in [0.29, 0.717) is 6.54 Å². The van der Waals surface area contributed by atoms with Crippen LogP contribution in [0.15, 0.2) is 18.6 Å². The van der Waals surface area contributed by atoms with Gasteiger partial charge in [0.25, 0.3) is 0 Å². The summed E-state index contributed by atoms with van der Waals surface area (Å²) in [4.78, 5) is 10.5. The molecule has 2 heterocycles. The van der Waals surface area contributed by atoms with Gasteiger partial charge in [0, 0.05) is 32.0 Å². The van der Waals surface area contributed by atoms with Crippen molar-refractivity contribution >= 4 is 5.82 Å². The standard InChI is InChI=1S/C10H16N4O/c1-8-6-14(7-9(4-11)15-8)10-5-12-2-3-13-10/h2-3,5,8-9H,4,6-7,11H2,1H3. The van der Waals surface area contributed by atoms with Crippen LogP contribution >= 0.6 is 0 Å². The molecule has 2 N–H and O–H groups in total. The van der Waals surface area contributed by atoms with Gasteiger partial charge in [0.05, 0.1) is 18.4 Å². The number of hydrogen-bond donors (Lipinski definition) is 1. The fourth-order valence-electron chi connectivity index (χ4n) is 1.82. The molecule has 0 spiro atoms. The third kappa shape index (κ3) is 2.43. The van der Waals surface area contributed by atoms with E-state index in [0.717, 1.165) is 18.9 Å². The SMILES string of the molecule is CC1CN(c2cnccn2)CC(CN)O1. The zero-order valence-electron chi connectivity index (χ0n) is 8.84. The molecule has 0 bridgehead atoms. The van der Waals surface area contributed by atoms with E-state index < -0.39 is 0 Å². The molecule has 0 aromatic carbocycles. The Morgan fingerprint density at radius 1 is 1.53 bits per heavy atom. The van der Waals surface area contributed by atoms with E-state index in [4.69, 9.17) is 10.5 Å². The molecule has 0 aliphatic carbocycles. The maximum Gasteiger partial charge on any atom is 0.147 e. The average Bonchev–Trinajstić information content (AvgIpc) is 2.29. The predicted molar refractivity (Wildman–Crippen MR) is 57.6 cm³/mol. The molecule has 1 aliphatic rings. The lowest BCUT2D eigenvalue weighted by atomic mass is 10.2. The van der Waals surface area contributed by atoms with Crippen LogP contribution in [0.25, 0.3) is 0 Å². The van der Waals surface area contributed by atoms with Crippen LogP contribution in [0.4, 0.5) is 5.82 Å². The Morgan fingerprint density at radius 2 is 2.40 bits per heavy atom. The fraction of sp³-hybridized carbons (Fsp3) is 0.600. The molecule has 2 atom stereocenters. The Kier molecular flexibility index (Phi) is 3.13. The van der Waals surface area contributed by atoms with E-state index in [1.165, 1.54) is 0 Å². The van der Waals surface area contributed by atoms with Crippen molar-refractivity contribution < 1.29 is 4.74 Å². The van der Waals surface area contributed by atoms with E-state index in [1.54, 1.807) is 18.6 Å². The molecule has 82 valence electrons. The molecule has 2 rings (SSSR count). The second-order valence-corrected chi connectivity index (χ2v) is 3.77. The quantitative estimate of drug-likeness (QED) is 0.742. The van der Waals surface area contributed by atoms with Gasteiger partial charge < -0.3 is 15.4 Å². The third-order valence-electron chi connectivity index (χ3n) is 2.46. The summed E-state index contributed by atoms with van der Waals surface area (Å²) in [6.45, 7) is 4.22. The largest absolute Gasteiger partial charge is 0.370 e. The molecule has 5 nitrogen and oxygen atoms in total. The number of ether oxygens (including phenoxy) is 1. The molecule has 2 unspecified atom stereocenters. The molecule has 1 aromatic rings. The Bertz CT molecular complexity index is 306. The second kappa shape index (κ2) is 4.55. The number of hydrogen-bond acceptors (Lipinski definition) is 5. The highest BCUT2D eigenvalue weighted by atomic mass is 16.5. The number of rotatable bonds is 2. The van der Waals surface area contributed by atoms with Crippen LogP contribution in [0, 0.1) is 0 Å². The van der Waals surface area contributed by atoms with Crippen molar-refractivity contribution in [3.63, 3.8) is 0 Å². The highest BCUT2D eigenvalue weighted by Crippen LogP contribution is 2.16. The molecule has 0 saturated carbocycles. The predicted octanol–water partition coefficient (Wildman–Crippen LogP) is 0.0290. The molecule has 1 aromatic heterocycles. The maximum atomic E-state index is 5.67. The zero-order chi connectivity index (χ0) is 10.7. The molecular weight excluding hydrogens is 192 g/mol. The minimum Gasteiger partial charge on any atom is -0.370 e. The third-order valence-corrected chi connectivity index (χ3v) is 2.46. The van der Waals surface area contributed by atoms with E-state index >= 15 is 0 Å². The lowest BCUT2D eigenvalue weighted by Gasteiger charge is -2.36. The number of anilines is 1. The lowest BCUT2D eigenvalue weighted by molar-refractivity contribution is -0.0107. The minimum atomic E-state index is 0.0933. The number of nitrogens with two attached hydrogens (primary N) is 1. The Balaban J connectivity index is 2.09. The summed E-state index contributed by atoms with van der Waals surface area (Å²) in [5.41, 5.74) is 5.62. The second-order valence-electron chi connectivity index (χ2n) is 3.77. The van der Waals surface area contributed by atoms with Gasteiger partial charge in [-0.3, -0.25) is 4.98 Å². The first-order chi connectivity index (χ1) is 7.29. The summed E-state index contributed by atoms with van der Waals surface area (Å²) in [5, 5.41) is 0. The Hall–Kier alpha value is -1.20. The van der Waals surface area contributed by atoms with Crippen molar-refractivity contribution in [3.8, 4) is 0 Å². The monoisotopic (exact) mass is 208 g/mol. The van der Waals surface area contributed by atoms with Gasteiger partial charge in [0.1, 0.15) is 5.82 Å². The molecule has 0 amide bonds. The van der Waals surface area contributed by atoms with Crippen LogP contribution in [-0.2, 0) is 4.74 Å². The summed E-state index contributed by atoms with van der Waals surface area (Å²) < 4.78 is 5.67. The molecule has 1 aliphatic heterocycles. The summed E-state index contributed by atoms with van der Waals surface area (Å²) >= 11 is 0. The van der Waals surface area contributed by atoms with Crippen LogP contribution in [0.1, 0.15) is 6.92 Å². The van der Waals surface area contributed by atoms with E-state index in [9.17, 15) is 0 Å². The van der Waals surface area contributed by atoms with Gasteiger partial charge >= 0.3 is 0 Å². The van der Waals surface area contributed by atoms with Crippen molar-refractivity contribution in [1.82, 2.24) is 9.97 Å². The summed E-state index contributed by atoms with van der Waals surface area (Å²) in [6, 6.07) is 0. The van der Waals surface area contributed by atoms with Gasteiger partial charge in [-0.25, -0.2) is 4.98 Å². The summed E-state index contributed by atoms with van der Waals surface area (Å²) in [7, 11) is 0. The van der Waals surface area contributed by atoms with Crippen molar-refractivity contribution in [3.05, 3.63) is 18.6 Å². The first-order valence-electron chi connectivity index (χ1n) is 5.16. The van der Waals surface area contributed by atoms with Crippen LogP contribution < -0.4 is 10.6 Å². The van der Waals surface area contributed by atoms with Crippen LogP contribution in [0.5, 0.6) is 0 Å². The average molecular weight is 208 g/mol.